The van der Waals surface area contributed by atoms with Gasteiger partial charge in [-0.3, -0.25) is 4.98 Å². The minimum Gasteiger partial charge on any atom is -0.371 e. The first-order valence-corrected chi connectivity index (χ1v) is 12.9. The van der Waals surface area contributed by atoms with Gasteiger partial charge in [-0.05, 0) is 80.2 Å². The van der Waals surface area contributed by atoms with E-state index in [1.165, 1.54) is 36.9 Å². The van der Waals surface area contributed by atoms with Gasteiger partial charge in [0.05, 0.1) is 0 Å². The van der Waals surface area contributed by atoms with Crippen molar-refractivity contribution in [1.29, 1.82) is 0 Å². The Kier molecular flexibility index (Phi) is 5.61. The summed E-state index contributed by atoms with van der Waals surface area (Å²) in [5, 5.41) is 5.83. The normalized spacial score (nSPS) is 26.8. The van der Waals surface area contributed by atoms with Crippen molar-refractivity contribution in [3.63, 3.8) is 0 Å². The van der Waals surface area contributed by atoms with Crippen LogP contribution in [0, 0.1) is 24.7 Å². The molecule has 1 saturated heterocycles. The van der Waals surface area contributed by atoms with Crippen molar-refractivity contribution in [2.24, 2.45) is 17.8 Å². The highest BCUT2D eigenvalue weighted by molar-refractivity contribution is 6.30. The number of aromatic nitrogens is 4. The van der Waals surface area contributed by atoms with E-state index in [-0.39, 0.29) is 0 Å². The van der Waals surface area contributed by atoms with Crippen molar-refractivity contribution in [3.05, 3.63) is 70.5 Å². The summed E-state index contributed by atoms with van der Waals surface area (Å²) in [7, 11) is 0. The van der Waals surface area contributed by atoms with Crippen molar-refractivity contribution in [1.82, 2.24) is 19.7 Å². The van der Waals surface area contributed by atoms with Crippen LogP contribution in [0.5, 0.6) is 0 Å². The number of hydrogen-bond donors (Lipinski definition) is 0. The van der Waals surface area contributed by atoms with E-state index in [4.69, 9.17) is 21.7 Å². The lowest BCUT2D eigenvalue weighted by molar-refractivity contribution is 0.265. The first kappa shape index (κ1) is 21.2. The maximum Gasteiger partial charge on any atom is 0.151 e. The van der Waals surface area contributed by atoms with Gasteiger partial charge in [0.1, 0.15) is 5.82 Å². The fourth-order valence-corrected chi connectivity index (χ4v) is 6.61. The summed E-state index contributed by atoms with van der Waals surface area (Å²) in [6.07, 6.45) is 9.14. The summed E-state index contributed by atoms with van der Waals surface area (Å²) in [6.45, 7) is 5.35. The van der Waals surface area contributed by atoms with Gasteiger partial charge < -0.3 is 4.90 Å². The molecule has 4 heterocycles. The summed E-state index contributed by atoms with van der Waals surface area (Å²) in [5.41, 5.74) is 3.74. The Balaban J connectivity index is 1.21. The number of piperidine rings is 1. The van der Waals surface area contributed by atoms with Crippen molar-refractivity contribution in [2.75, 3.05) is 18.0 Å². The van der Waals surface area contributed by atoms with Crippen LogP contribution in [0.1, 0.15) is 60.9 Å². The number of hydrogen-bond acceptors (Lipinski definition) is 4. The van der Waals surface area contributed by atoms with Crippen LogP contribution in [0.25, 0.3) is 0 Å². The number of aryl methyl sites for hydroxylation is 2. The first-order chi connectivity index (χ1) is 16.1. The molecule has 1 aromatic carbocycles. The van der Waals surface area contributed by atoms with Crippen molar-refractivity contribution < 1.29 is 0 Å². The standard InChI is InChI=1S/C27H32ClN5/c1-18-14-23(11-12-29-18)32-16-20-5-6-21(17-32)25(20)15-26-30-27-24(4-2-3-13-33(27)31-26)19-7-9-22(28)10-8-19/h7-12,14,20-21,24-25H,2-6,13,15-17H2,1H3/t20-,21+,24?,25?. The fraction of sp³-hybridized carbons (Fsp3) is 0.519. The SMILES string of the molecule is Cc1cc(N2C[C@H]3CC[C@@H](C2)C3Cc2nc3n(n2)CCCCC3c2ccc(Cl)cc2)ccn1. The van der Waals surface area contributed by atoms with Crippen LogP contribution in [0.3, 0.4) is 0 Å². The maximum absolute atomic E-state index is 6.15. The highest BCUT2D eigenvalue weighted by atomic mass is 35.5. The molecular formula is C27H32ClN5. The van der Waals surface area contributed by atoms with Crippen LogP contribution in [0.4, 0.5) is 5.69 Å². The van der Waals surface area contributed by atoms with Gasteiger partial charge in [0, 0.05) is 54.6 Å². The fourth-order valence-electron chi connectivity index (χ4n) is 6.48. The molecule has 3 aromatic rings. The Labute approximate surface area is 201 Å². The van der Waals surface area contributed by atoms with Crippen LogP contribution >= 0.6 is 11.6 Å². The third-order valence-electron chi connectivity index (χ3n) is 8.13. The van der Waals surface area contributed by atoms with Crippen LogP contribution in [0.2, 0.25) is 5.02 Å². The molecule has 3 aliphatic rings. The number of anilines is 1. The minimum absolute atomic E-state index is 0.319. The van der Waals surface area contributed by atoms with E-state index in [0.717, 1.165) is 66.7 Å². The number of fused-ring (bicyclic) bond motifs is 3. The molecule has 2 aliphatic heterocycles. The molecular weight excluding hydrogens is 430 g/mol. The Morgan fingerprint density at radius 1 is 1.00 bits per heavy atom. The lowest BCUT2D eigenvalue weighted by Crippen LogP contribution is -2.42. The number of pyridine rings is 1. The van der Waals surface area contributed by atoms with E-state index in [1.54, 1.807) is 0 Å². The van der Waals surface area contributed by atoms with Gasteiger partial charge in [-0.15, -0.1) is 0 Å². The molecule has 0 N–H and O–H groups in total. The van der Waals surface area contributed by atoms with Gasteiger partial charge in [0.15, 0.2) is 5.82 Å². The van der Waals surface area contributed by atoms with E-state index in [1.807, 2.05) is 18.3 Å². The monoisotopic (exact) mass is 461 g/mol. The van der Waals surface area contributed by atoms with Crippen LogP contribution in [0.15, 0.2) is 42.6 Å². The predicted octanol–water partition coefficient (Wildman–Crippen LogP) is 5.66. The zero-order chi connectivity index (χ0) is 22.4. The van der Waals surface area contributed by atoms with Crippen LogP contribution in [-0.4, -0.2) is 32.8 Å². The van der Waals surface area contributed by atoms with E-state index < -0.39 is 0 Å². The van der Waals surface area contributed by atoms with E-state index in [2.05, 4.69) is 45.8 Å². The molecule has 4 atom stereocenters. The number of rotatable bonds is 4. The molecule has 6 heteroatoms. The lowest BCUT2D eigenvalue weighted by atomic mass is 9.82. The molecule has 6 rings (SSSR count). The third kappa shape index (κ3) is 4.16. The molecule has 0 amide bonds. The topological polar surface area (TPSA) is 46.8 Å². The summed E-state index contributed by atoms with van der Waals surface area (Å²) in [6, 6.07) is 12.7. The van der Waals surface area contributed by atoms with Crippen LogP contribution in [-0.2, 0) is 13.0 Å². The van der Waals surface area contributed by atoms with Gasteiger partial charge >= 0.3 is 0 Å². The Morgan fingerprint density at radius 3 is 2.55 bits per heavy atom. The molecule has 1 saturated carbocycles. The molecule has 0 radical (unpaired) electrons. The summed E-state index contributed by atoms with van der Waals surface area (Å²) >= 11 is 6.15. The largest absolute Gasteiger partial charge is 0.371 e. The van der Waals surface area contributed by atoms with Crippen molar-refractivity contribution in [3.8, 4) is 0 Å². The second-order valence-electron chi connectivity index (χ2n) is 10.2. The van der Waals surface area contributed by atoms with Crippen molar-refractivity contribution >= 4 is 17.3 Å². The van der Waals surface area contributed by atoms with E-state index in [0.29, 0.717) is 11.8 Å². The van der Waals surface area contributed by atoms with Gasteiger partial charge in [-0.2, -0.15) is 5.10 Å². The molecule has 2 bridgehead atoms. The third-order valence-corrected chi connectivity index (χ3v) is 8.39. The molecule has 1 aliphatic carbocycles. The highest BCUT2D eigenvalue weighted by Crippen LogP contribution is 2.44. The minimum atomic E-state index is 0.319. The number of nitrogens with zero attached hydrogens (tertiary/aromatic N) is 5. The first-order valence-electron chi connectivity index (χ1n) is 12.5. The second-order valence-corrected chi connectivity index (χ2v) is 10.7. The molecule has 2 aromatic heterocycles. The van der Waals surface area contributed by atoms with Crippen LogP contribution < -0.4 is 4.90 Å². The Morgan fingerprint density at radius 2 is 1.79 bits per heavy atom. The second kappa shape index (κ2) is 8.75. The zero-order valence-electron chi connectivity index (χ0n) is 19.3. The molecule has 2 fully saturated rings. The number of benzene rings is 1. The van der Waals surface area contributed by atoms with Gasteiger partial charge in [-0.1, -0.05) is 30.2 Å². The average Bonchev–Trinajstić information content (AvgIpc) is 3.22. The van der Waals surface area contributed by atoms with Gasteiger partial charge in [-0.25, -0.2) is 9.67 Å². The molecule has 172 valence electrons. The zero-order valence-corrected chi connectivity index (χ0v) is 20.1. The van der Waals surface area contributed by atoms with E-state index >= 15 is 0 Å². The van der Waals surface area contributed by atoms with Gasteiger partial charge in [0.2, 0.25) is 0 Å². The smallest absolute Gasteiger partial charge is 0.151 e. The summed E-state index contributed by atoms with van der Waals surface area (Å²) in [5.74, 6) is 4.69. The number of halogens is 1. The Hall–Kier alpha value is -2.40. The van der Waals surface area contributed by atoms with Crippen molar-refractivity contribution in [2.45, 2.75) is 57.9 Å². The van der Waals surface area contributed by atoms with E-state index in [9.17, 15) is 0 Å². The summed E-state index contributed by atoms with van der Waals surface area (Å²) in [4.78, 5) is 12.1. The predicted molar refractivity (Wildman–Crippen MR) is 132 cm³/mol. The summed E-state index contributed by atoms with van der Waals surface area (Å²) < 4.78 is 2.21. The lowest BCUT2D eigenvalue weighted by Gasteiger charge is -2.39. The average molecular weight is 462 g/mol. The molecule has 33 heavy (non-hydrogen) atoms. The maximum atomic E-state index is 6.15. The molecule has 2 unspecified atom stereocenters. The van der Waals surface area contributed by atoms with Gasteiger partial charge in [0.25, 0.3) is 0 Å². The molecule has 0 spiro atoms. The Bertz CT molecular complexity index is 1110. The quantitative estimate of drug-likeness (QED) is 0.503. The highest BCUT2D eigenvalue weighted by Gasteiger charge is 2.42. The molecule has 5 nitrogen and oxygen atoms in total.